The zero-order valence-electron chi connectivity index (χ0n) is 10.3. The van der Waals surface area contributed by atoms with E-state index in [2.05, 4.69) is 4.98 Å². The fourth-order valence-corrected chi connectivity index (χ4v) is 2.23. The van der Waals surface area contributed by atoms with E-state index in [1.165, 1.54) is 0 Å². The van der Waals surface area contributed by atoms with Crippen LogP contribution >= 0.6 is 22.9 Å². The van der Waals surface area contributed by atoms with Crippen molar-refractivity contribution in [2.75, 3.05) is 0 Å². The van der Waals surface area contributed by atoms with Crippen molar-refractivity contribution in [2.24, 2.45) is 0 Å². The third-order valence-corrected chi connectivity index (χ3v) is 3.65. The number of aliphatic hydroxyl groups is 2. The van der Waals surface area contributed by atoms with Gasteiger partial charge in [-0.15, -0.1) is 11.3 Å². The van der Waals surface area contributed by atoms with Crippen molar-refractivity contribution >= 4 is 22.9 Å². The molecule has 0 amide bonds. The molecule has 0 aliphatic heterocycles. The van der Waals surface area contributed by atoms with Crippen LogP contribution in [0, 0.1) is 0 Å². The van der Waals surface area contributed by atoms with Gasteiger partial charge in [0.05, 0.1) is 5.38 Å². The number of aromatic nitrogens is 1. The molecule has 1 aromatic carbocycles. The molecule has 0 radical (unpaired) electrons. The molecule has 0 saturated heterocycles. The Bertz CT molecular complexity index is 613. The van der Waals surface area contributed by atoms with Crippen LogP contribution in [0.15, 0.2) is 29.6 Å². The summed E-state index contributed by atoms with van der Waals surface area (Å²) in [7, 11) is 0. The summed E-state index contributed by atoms with van der Waals surface area (Å²) in [5.41, 5.74) is 0.740. The van der Waals surface area contributed by atoms with Crippen LogP contribution in [0.4, 0.5) is 13.2 Å². The number of hydrogen-bond acceptors (Lipinski definition) is 5. The van der Waals surface area contributed by atoms with Crippen molar-refractivity contribution in [3.8, 4) is 5.88 Å². The molecule has 2 aromatic rings. The maximum absolute atomic E-state index is 12.4. The molecule has 21 heavy (non-hydrogen) atoms. The fraction of sp³-hybridized carbons (Fsp3) is 0.250. The van der Waals surface area contributed by atoms with Crippen LogP contribution in [0.1, 0.15) is 10.6 Å². The Hall–Kier alpha value is -1.35. The molecule has 0 atom stereocenters. The molecule has 1 aromatic heterocycles. The number of rotatable bonds is 4. The zero-order chi connectivity index (χ0) is 15.7. The Labute approximate surface area is 126 Å². The molecule has 0 aliphatic carbocycles. The number of alkyl halides is 3. The first-order chi connectivity index (χ1) is 9.70. The highest BCUT2D eigenvalue weighted by Gasteiger charge is 2.56. The van der Waals surface area contributed by atoms with Crippen LogP contribution in [0.2, 0.25) is 5.02 Å². The average Bonchev–Trinajstić information content (AvgIpc) is 2.86. The molecular weight excluding hydrogens is 331 g/mol. The van der Waals surface area contributed by atoms with E-state index < -0.39 is 17.0 Å². The molecule has 0 unspecified atom stereocenters. The topological polar surface area (TPSA) is 62.6 Å². The van der Waals surface area contributed by atoms with Gasteiger partial charge in [0.1, 0.15) is 6.61 Å². The van der Waals surface area contributed by atoms with Crippen LogP contribution in [0.3, 0.4) is 0 Å². The van der Waals surface area contributed by atoms with E-state index in [0.29, 0.717) is 16.4 Å². The van der Waals surface area contributed by atoms with Gasteiger partial charge >= 0.3 is 12.0 Å². The normalized spacial score (nSPS) is 12.5. The molecule has 4 nitrogen and oxygen atoms in total. The Morgan fingerprint density at radius 2 is 1.81 bits per heavy atom. The van der Waals surface area contributed by atoms with Crippen LogP contribution in [-0.4, -0.2) is 21.4 Å². The van der Waals surface area contributed by atoms with Crippen LogP contribution in [0.25, 0.3) is 0 Å². The summed E-state index contributed by atoms with van der Waals surface area (Å²) in [6.07, 6.45) is -5.24. The Morgan fingerprint density at radius 3 is 2.38 bits per heavy atom. The Balaban J connectivity index is 2.05. The number of nitrogens with zero attached hydrogens (tertiary/aromatic N) is 1. The van der Waals surface area contributed by atoms with Crippen molar-refractivity contribution in [3.63, 3.8) is 0 Å². The van der Waals surface area contributed by atoms with Crippen molar-refractivity contribution in [1.29, 1.82) is 0 Å². The van der Waals surface area contributed by atoms with Gasteiger partial charge in [-0.2, -0.15) is 13.2 Å². The lowest BCUT2D eigenvalue weighted by Crippen LogP contribution is -2.41. The fourth-order valence-electron chi connectivity index (χ4n) is 1.34. The minimum absolute atomic E-state index is 0.0657. The van der Waals surface area contributed by atoms with Crippen LogP contribution < -0.4 is 4.74 Å². The quantitative estimate of drug-likeness (QED) is 0.840. The number of halogens is 4. The average molecular weight is 340 g/mol. The summed E-state index contributed by atoms with van der Waals surface area (Å²) in [6.45, 7) is 0.0657. The van der Waals surface area contributed by atoms with E-state index in [1.54, 1.807) is 24.3 Å². The summed E-state index contributed by atoms with van der Waals surface area (Å²) in [5, 5.41) is 18.9. The van der Waals surface area contributed by atoms with E-state index in [1.807, 2.05) is 0 Å². The van der Waals surface area contributed by atoms with Gasteiger partial charge in [-0.3, -0.25) is 0 Å². The number of thiazole rings is 1. The smallest absolute Gasteiger partial charge is 0.450 e. The molecule has 0 fully saturated rings. The highest BCUT2D eigenvalue weighted by atomic mass is 35.5. The second-order valence-corrected chi connectivity index (χ2v) is 5.37. The van der Waals surface area contributed by atoms with Crippen LogP contribution in [0.5, 0.6) is 5.88 Å². The number of ether oxygens (including phenoxy) is 1. The lowest BCUT2D eigenvalue weighted by molar-refractivity contribution is -0.358. The Kier molecular flexibility index (Phi) is 4.43. The lowest BCUT2D eigenvalue weighted by Gasteiger charge is -2.21. The molecular formula is C12H9ClF3NO3S. The zero-order valence-corrected chi connectivity index (χ0v) is 11.8. The van der Waals surface area contributed by atoms with Gasteiger partial charge in [-0.1, -0.05) is 23.7 Å². The summed E-state index contributed by atoms with van der Waals surface area (Å²) in [5.74, 6) is -4.11. The third-order valence-electron chi connectivity index (χ3n) is 2.48. The predicted molar refractivity (Wildman–Crippen MR) is 70.1 cm³/mol. The van der Waals surface area contributed by atoms with Gasteiger partial charge in [-0.05, 0) is 17.7 Å². The van der Waals surface area contributed by atoms with Gasteiger partial charge in [0.25, 0.3) is 0 Å². The Morgan fingerprint density at radius 1 is 1.19 bits per heavy atom. The van der Waals surface area contributed by atoms with E-state index in [-0.39, 0.29) is 12.5 Å². The van der Waals surface area contributed by atoms with Crippen molar-refractivity contribution in [2.45, 2.75) is 18.6 Å². The highest BCUT2D eigenvalue weighted by Crippen LogP contribution is 2.38. The lowest BCUT2D eigenvalue weighted by atomic mass is 10.2. The molecule has 0 bridgehead atoms. The highest BCUT2D eigenvalue weighted by molar-refractivity contribution is 7.09. The summed E-state index contributed by atoms with van der Waals surface area (Å²) < 4.78 is 42.5. The molecule has 1 heterocycles. The molecule has 0 saturated carbocycles. The van der Waals surface area contributed by atoms with Crippen LogP contribution in [-0.2, 0) is 12.4 Å². The molecule has 0 aliphatic rings. The second kappa shape index (κ2) is 5.80. The minimum atomic E-state index is -5.24. The van der Waals surface area contributed by atoms with Crippen molar-refractivity contribution in [3.05, 3.63) is 45.2 Å². The monoisotopic (exact) mass is 339 g/mol. The first kappa shape index (κ1) is 16.0. The molecule has 2 rings (SSSR count). The van der Waals surface area contributed by atoms with Gasteiger partial charge in [0.2, 0.25) is 5.88 Å². The van der Waals surface area contributed by atoms with E-state index in [0.717, 1.165) is 10.9 Å². The van der Waals surface area contributed by atoms with Gasteiger partial charge in [0, 0.05) is 5.02 Å². The molecule has 0 spiro atoms. The number of hydrogen-bond donors (Lipinski definition) is 2. The SMILES string of the molecule is OC(O)(c1nc(OCc2ccc(Cl)cc2)cs1)C(F)(F)F. The van der Waals surface area contributed by atoms with E-state index in [4.69, 9.17) is 26.6 Å². The second-order valence-electron chi connectivity index (χ2n) is 4.08. The first-order valence-electron chi connectivity index (χ1n) is 5.55. The minimum Gasteiger partial charge on any atom is -0.472 e. The van der Waals surface area contributed by atoms with E-state index in [9.17, 15) is 13.2 Å². The van der Waals surface area contributed by atoms with Gasteiger partial charge in [0.15, 0.2) is 5.01 Å². The molecule has 2 N–H and O–H groups in total. The summed E-state index contributed by atoms with van der Waals surface area (Å²) >= 11 is 6.16. The standard InChI is InChI=1S/C12H9ClF3NO3S/c13-8-3-1-7(2-4-8)5-20-9-6-21-10(17-9)11(18,19)12(14,15)16/h1-4,6,18-19H,5H2. The van der Waals surface area contributed by atoms with Crippen molar-refractivity contribution < 1.29 is 28.1 Å². The molecule has 114 valence electrons. The summed E-state index contributed by atoms with van der Waals surface area (Å²) in [6, 6.07) is 6.66. The largest absolute Gasteiger partial charge is 0.472 e. The maximum atomic E-state index is 12.4. The first-order valence-corrected chi connectivity index (χ1v) is 6.80. The van der Waals surface area contributed by atoms with E-state index >= 15 is 0 Å². The predicted octanol–water partition coefficient (Wildman–Crippen LogP) is 3.08. The van der Waals surface area contributed by atoms with Crippen molar-refractivity contribution in [1.82, 2.24) is 4.98 Å². The molecule has 9 heteroatoms. The van der Waals surface area contributed by atoms with Gasteiger partial charge in [-0.25, -0.2) is 4.98 Å². The van der Waals surface area contributed by atoms with Gasteiger partial charge < -0.3 is 14.9 Å². The maximum Gasteiger partial charge on any atom is 0.450 e. The summed E-state index contributed by atoms with van der Waals surface area (Å²) in [4.78, 5) is 3.43. The number of benzene rings is 1. The third kappa shape index (κ3) is 3.65.